The van der Waals surface area contributed by atoms with Gasteiger partial charge in [-0.05, 0) is 0 Å². The first-order valence-electron chi connectivity index (χ1n) is 0. The van der Waals surface area contributed by atoms with E-state index in [0.717, 1.165) is 0 Å². The van der Waals surface area contributed by atoms with Crippen LogP contribution in [0.1, 0.15) is 0 Å². The maximum Gasteiger partial charge on any atom is 0 e. The largest absolute Gasteiger partial charge is 0 e. The maximum atomic E-state index is 0. The second-order valence-corrected chi connectivity index (χ2v) is 0. The molecule has 0 heterocycles. The first kappa shape index (κ1) is 30.3. The maximum absolute atomic E-state index is 0. The summed E-state index contributed by atoms with van der Waals surface area (Å²) in [6.45, 7) is 0. The smallest absolute Gasteiger partial charge is 0 e. The average molecular weight is 203 g/mol. The zero-order valence-electron chi connectivity index (χ0n) is 1.40. The molecule has 21 valence electrons. The Hall–Kier alpha value is 2.64. The monoisotopic (exact) mass is 201 g/mol. The SMILES string of the molecule is [Mn].[NaH].[Ni].[Zn]. The third-order valence-corrected chi connectivity index (χ3v) is 0. The van der Waals surface area contributed by atoms with Crippen LogP contribution in [-0.4, -0.2) is 29.6 Å². The Labute approximate surface area is 81.3 Å². The molecule has 0 nitrogen and oxygen atoms in total. The summed E-state index contributed by atoms with van der Waals surface area (Å²) in [5.41, 5.74) is 0. The van der Waals surface area contributed by atoms with Crippen LogP contribution in [0.25, 0.3) is 0 Å². The Balaban J connectivity index is 0. The Morgan fingerprint density at radius 3 is 1.00 bits per heavy atom. The summed E-state index contributed by atoms with van der Waals surface area (Å²) in [6, 6.07) is 0. The summed E-state index contributed by atoms with van der Waals surface area (Å²) >= 11 is 0. The van der Waals surface area contributed by atoms with Crippen LogP contribution in [0.4, 0.5) is 0 Å². The van der Waals surface area contributed by atoms with E-state index in [1.54, 1.807) is 0 Å². The topological polar surface area (TPSA) is 0 Å². The van der Waals surface area contributed by atoms with Gasteiger partial charge in [0, 0.05) is 53.0 Å². The molecule has 0 bridgehead atoms. The standard InChI is InChI=1S/Mn.Na.Ni.Zn.H. The quantitative estimate of drug-likeness (QED) is 0.458. The molecule has 4 heteroatoms. The Morgan fingerprint density at radius 1 is 1.00 bits per heavy atom. The molecule has 0 aromatic rings. The molecule has 0 unspecified atom stereocenters. The van der Waals surface area contributed by atoms with Gasteiger partial charge in [-0.25, -0.2) is 0 Å². The molecule has 0 rings (SSSR count). The average Bonchev–Trinajstić information content (AvgIpc) is 0. The van der Waals surface area contributed by atoms with Gasteiger partial charge in [-0.1, -0.05) is 0 Å². The van der Waals surface area contributed by atoms with Crippen molar-refractivity contribution in [1.82, 2.24) is 0 Å². The molecule has 4 heavy (non-hydrogen) atoms. The van der Waals surface area contributed by atoms with Gasteiger partial charge >= 0.3 is 29.6 Å². The van der Waals surface area contributed by atoms with Crippen LogP contribution in [0.15, 0.2) is 0 Å². The van der Waals surface area contributed by atoms with Crippen molar-refractivity contribution in [3.05, 3.63) is 0 Å². The third-order valence-electron chi connectivity index (χ3n) is 0. The molecule has 0 aliphatic carbocycles. The summed E-state index contributed by atoms with van der Waals surface area (Å²) in [5.74, 6) is 0. The van der Waals surface area contributed by atoms with Gasteiger partial charge in [-0.15, -0.1) is 0 Å². The summed E-state index contributed by atoms with van der Waals surface area (Å²) in [6.07, 6.45) is 0. The second kappa shape index (κ2) is 17.4. The van der Waals surface area contributed by atoms with E-state index in [-0.39, 0.29) is 82.6 Å². The molecule has 0 saturated carbocycles. The van der Waals surface area contributed by atoms with Crippen LogP contribution in [0, 0.1) is 0 Å². The molecule has 0 fully saturated rings. The molecular formula is HMnNaNiZn. The number of rotatable bonds is 0. The van der Waals surface area contributed by atoms with E-state index >= 15 is 0 Å². The summed E-state index contributed by atoms with van der Waals surface area (Å²) < 4.78 is 0. The van der Waals surface area contributed by atoms with E-state index in [1.165, 1.54) is 0 Å². The third kappa shape index (κ3) is 8.82. The van der Waals surface area contributed by atoms with Crippen molar-refractivity contribution < 1.29 is 53.0 Å². The van der Waals surface area contributed by atoms with Crippen molar-refractivity contribution in [2.24, 2.45) is 0 Å². The number of hydrogen-bond acceptors (Lipinski definition) is 0. The summed E-state index contributed by atoms with van der Waals surface area (Å²) in [7, 11) is 0. The minimum absolute atomic E-state index is 0. The molecule has 0 aromatic heterocycles. The first-order chi connectivity index (χ1) is 0. The van der Waals surface area contributed by atoms with Gasteiger partial charge in [0.05, 0.1) is 0 Å². The van der Waals surface area contributed by atoms with E-state index in [0.29, 0.717) is 0 Å². The van der Waals surface area contributed by atoms with Gasteiger partial charge in [-0.2, -0.15) is 0 Å². The predicted molar refractivity (Wildman–Crippen MR) is 7.15 cm³/mol. The van der Waals surface area contributed by atoms with E-state index < -0.39 is 0 Å². The van der Waals surface area contributed by atoms with Crippen LogP contribution < -0.4 is 0 Å². The predicted octanol–water partition coefficient (Wildman–Crippen LogP) is -0.656. The van der Waals surface area contributed by atoms with Crippen molar-refractivity contribution in [3.8, 4) is 0 Å². The molecule has 0 aromatic carbocycles. The Morgan fingerprint density at radius 2 is 1.00 bits per heavy atom. The molecule has 0 aliphatic rings. The molecule has 0 saturated heterocycles. The van der Waals surface area contributed by atoms with Crippen molar-refractivity contribution in [3.63, 3.8) is 0 Å². The second-order valence-electron chi connectivity index (χ2n) is 0. The Kier molecular flexibility index (Phi) is 132. The first-order valence-corrected chi connectivity index (χ1v) is 0. The molecule has 0 amide bonds. The fourth-order valence-electron chi connectivity index (χ4n) is 0. The van der Waals surface area contributed by atoms with Crippen molar-refractivity contribution >= 4 is 29.6 Å². The van der Waals surface area contributed by atoms with Gasteiger partial charge in [0.15, 0.2) is 0 Å². The van der Waals surface area contributed by atoms with Gasteiger partial charge in [0.2, 0.25) is 0 Å². The van der Waals surface area contributed by atoms with Crippen LogP contribution >= 0.6 is 0 Å². The van der Waals surface area contributed by atoms with Crippen LogP contribution in [-0.2, 0) is 53.0 Å². The fraction of sp³-hybridized carbons (Fsp3) is 0. The van der Waals surface area contributed by atoms with Crippen molar-refractivity contribution in [2.75, 3.05) is 0 Å². The van der Waals surface area contributed by atoms with Crippen LogP contribution in [0.3, 0.4) is 0 Å². The van der Waals surface area contributed by atoms with Gasteiger partial charge < -0.3 is 0 Å². The summed E-state index contributed by atoms with van der Waals surface area (Å²) in [5, 5.41) is 0. The Bertz CT molecular complexity index is 8.00. The zero-order valence-corrected chi connectivity index (χ0v) is 6.54. The van der Waals surface area contributed by atoms with Crippen molar-refractivity contribution in [2.45, 2.75) is 0 Å². The minimum Gasteiger partial charge on any atom is 0 e. The molecule has 0 spiro atoms. The van der Waals surface area contributed by atoms with E-state index in [9.17, 15) is 0 Å². The van der Waals surface area contributed by atoms with Crippen LogP contribution in [0.5, 0.6) is 0 Å². The molecule has 1 radical (unpaired) electrons. The molecular weight excluding hydrogens is 202 g/mol. The number of hydrogen-bond donors (Lipinski definition) is 0. The van der Waals surface area contributed by atoms with Gasteiger partial charge in [0.25, 0.3) is 0 Å². The minimum atomic E-state index is 0. The van der Waals surface area contributed by atoms with Crippen LogP contribution in [0.2, 0.25) is 0 Å². The van der Waals surface area contributed by atoms with Gasteiger partial charge in [-0.3, -0.25) is 0 Å². The molecule has 0 N–H and O–H groups in total. The fourth-order valence-corrected chi connectivity index (χ4v) is 0. The molecule has 0 aliphatic heterocycles. The van der Waals surface area contributed by atoms with E-state index in [4.69, 9.17) is 0 Å². The van der Waals surface area contributed by atoms with E-state index in [1.807, 2.05) is 0 Å². The van der Waals surface area contributed by atoms with E-state index in [2.05, 4.69) is 0 Å². The van der Waals surface area contributed by atoms with Gasteiger partial charge in [0.1, 0.15) is 0 Å². The zero-order chi connectivity index (χ0) is 0. The molecule has 0 atom stereocenters. The summed E-state index contributed by atoms with van der Waals surface area (Å²) in [4.78, 5) is 0. The normalized spacial score (nSPS) is 0. The van der Waals surface area contributed by atoms with Crippen molar-refractivity contribution in [1.29, 1.82) is 0 Å².